The molecule has 1 aromatic carbocycles. The number of anilines is 1. The number of ether oxygens (including phenoxy) is 1. The number of nitrogens with two attached hydrogens (primary N) is 1. The average molecular weight is 293 g/mol. The molecule has 6 nitrogen and oxygen atoms in total. The fourth-order valence-corrected chi connectivity index (χ4v) is 2.35. The van der Waals surface area contributed by atoms with Gasteiger partial charge in [-0.25, -0.2) is 0 Å². The third-order valence-electron chi connectivity index (χ3n) is 2.66. The predicted molar refractivity (Wildman–Crippen MR) is 79.0 cm³/mol. The Bertz CT molecular complexity index is 572. The maximum Gasteiger partial charge on any atom is 0.295 e. The van der Waals surface area contributed by atoms with E-state index in [1.807, 2.05) is 11.4 Å². The van der Waals surface area contributed by atoms with E-state index in [0.29, 0.717) is 18.9 Å². The lowest BCUT2D eigenvalue weighted by molar-refractivity contribution is -0.384. The second-order valence-corrected chi connectivity index (χ2v) is 5.08. The highest BCUT2D eigenvalue weighted by Gasteiger charge is 2.14. The summed E-state index contributed by atoms with van der Waals surface area (Å²) in [7, 11) is 0. The molecule has 0 amide bonds. The van der Waals surface area contributed by atoms with Gasteiger partial charge in [0, 0.05) is 24.0 Å². The average Bonchev–Trinajstić information content (AvgIpc) is 2.93. The third kappa shape index (κ3) is 3.69. The number of para-hydroxylation sites is 1. The summed E-state index contributed by atoms with van der Waals surface area (Å²) in [5.41, 5.74) is 5.63. The van der Waals surface area contributed by atoms with Crippen molar-refractivity contribution in [3.8, 4) is 5.75 Å². The molecule has 20 heavy (non-hydrogen) atoms. The number of hydrogen-bond donors (Lipinski definition) is 2. The Morgan fingerprint density at radius 3 is 2.90 bits per heavy atom. The van der Waals surface area contributed by atoms with Crippen LogP contribution in [0.2, 0.25) is 0 Å². The molecule has 106 valence electrons. The summed E-state index contributed by atoms with van der Waals surface area (Å²) < 4.78 is 5.46. The summed E-state index contributed by atoms with van der Waals surface area (Å²) in [6.07, 6.45) is 0. The lowest BCUT2D eigenvalue weighted by Crippen LogP contribution is -2.20. The van der Waals surface area contributed by atoms with Crippen molar-refractivity contribution in [2.45, 2.75) is 6.54 Å². The van der Waals surface area contributed by atoms with E-state index in [1.165, 1.54) is 10.9 Å². The number of nitrogens with one attached hydrogen (secondary N) is 1. The third-order valence-corrected chi connectivity index (χ3v) is 3.53. The molecule has 0 spiro atoms. The van der Waals surface area contributed by atoms with Gasteiger partial charge in [0.15, 0.2) is 5.69 Å². The molecule has 1 aromatic heterocycles. The minimum atomic E-state index is -0.517. The van der Waals surface area contributed by atoms with Gasteiger partial charge in [-0.2, -0.15) is 0 Å². The van der Waals surface area contributed by atoms with Gasteiger partial charge in [-0.3, -0.25) is 10.1 Å². The zero-order valence-corrected chi connectivity index (χ0v) is 11.6. The Hall–Kier alpha value is -2.12. The van der Waals surface area contributed by atoms with Gasteiger partial charge >= 0.3 is 0 Å². The molecule has 0 radical (unpaired) electrons. The molecule has 0 unspecified atom stereocenters. The number of benzene rings is 1. The Labute approximate surface area is 120 Å². The van der Waals surface area contributed by atoms with Crippen LogP contribution >= 0.6 is 11.3 Å². The molecule has 0 aliphatic carbocycles. The van der Waals surface area contributed by atoms with E-state index in [9.17, 15) is 10.1 Å². The Morgan fingerprint density at radius 1 is 1.35 bits per heavy atom. The van der Waals surface area contributed by atoms with Crippen LogP contribution in [0.1, 0.15) is 4.88 Å². The zero-order valence-electron chi connectivity index (χ0n) is 10.7. The van der Waals surface area contributed by atoms with Crippen LogP contribution in [0.15, 0.2) is 35.7 Å². The molecule has 2 aromatic rings. The molecular weight excluding hydrogens is 278 g/mol. The van der Waals surface area contributed by atoms with Gasteiger partial charge in [-0.1, -0.05) is 12.1 Å². The van der Waals surface area contributed by atoms with Crippen LogP contribution < -0.4 is 15.8 Å². The monoisotopic (exact) mass is 293 g/mol. The minimum Gasteiger partial charge on any atom is -0.490 e. The summed E-state index contributed by atoms with van der Waals surface area (Å²) in [4.78, 5) is 11.5. The van der Waals surface area contributed by atoms with Crippen molar-refractivity contribution in [2.24, 2.45) is 0 Å². The normalized spacial score (nSPS) is 10.4. The maximum absolute atomic E-state index is 10.7. The quantitative estimate of drug-likeness (QED) is 0.354. The van der Waals surface area contributed by atoms with Gasteiger partial charge in [0.1, 0.15) is 12.4 Å². The summed E-state index contributed by atoms with van der Waals surface area (Å²) in [5.74, 6) is 0.345. The smallest absolute Gasteiger partial charge is 0.295 e. The second kappa shape index (κ2) is 6.88. The highest BCUT2D eigenvalue weighted by Crippen LogP contribution is 2.30. The van der Waals surface area contributed by atoms with Gasteiger partial charge in [0.25, 0.3) is 5.69 Å². The van der Waals surface area contributed by atoms with E-state index < -0.39 is 4.92 Å². The largest absolute Gasteiger partial charge is 0.490 e. The summed E-state index contributed by atoms with van der Waals surface area (Å²) in [5, 5.41) is 16.0. The molecule has 7 heteroatoms. The Morgan fingerprint density at radius 2 is 2.20 bits per heavy atom. The summed E-state index contributed by atoms with van der Waals surface area (Å²) in [6.45, 7) is 1.82. The van der Waals surface area contributed by atoms with Crippen molar-refractivity contribution < 1.29 is 9.66 Å². The Balaban J connectivity index is 1.79. The van der Waals surface area contributed by atoms with Gasteiger partial charge in [0.05, 0.1) is 4.92 Å². The zero-order chi connectivity index (χ0) is 14.4. The van der Waals surface area contributed by atoms with Crippen LogP contribution in [0, 0.1) is 10.1 Å². The molecule has 0 saturated heterocycles. The number of nitrogen functional groups attached to an aromatic ring is 1. The fraction of sp³-hybridized carbons (Fsp3) is 0.231. The topological polar surface area (TPSA) is 90.4 Å². The molecule has 0 bridgehead atoms. The van der Waals surface area contributed by atoms with Crippen molar-refractivity contribution in [3.63, 3.8) is 0 Å². The second-order valence-electron chi connectivity index (χ2n) is 4.05. The first-order valence-electron chi connectivity index (χ1n) is 6.07. The van der Waals surface area contributed by atoms with Crippen molar-refractivity contribution in [2.75, 3.05) is 18.9 Å². The van der Waals surface area contributed by atoms with E-state index in [1.54, 1.807) is 23.5 Å². The molecule has 0 fully saturated rings. The first-order chi connectivity index (χ1) is 9.68. The Kier molecular flexibility index (Phi) is 4.91. The predicted octanol–water partition coefficient (Wildman–Crippen LogP) is 2.41. The van der Waals surface area contributed by atoms with E-state index in [4.69, 9.17) is 10.5 Å². The first-order valence-corrected chi connectivity index (χ1v) is 6.95. The lowest BCUT2D eigenvalue weighted by Gasteiger charge is -2.09. The summed E-state index contributed by atoms with van der Waals surface area (Å²) >= 11 is 1.69. The van der Waals surface area contributed by atoms with E-state index in [2.05, 4.69) is 11.4 Å². The van der Waals surface area contributed by atoms with E-state index >= 15 is 0 Å². The maximum atomic E-state index is 10.7. The fourth-order valence-electron chi connectivity index (χ4n) is 1.68. The van der Waals surface area contributed by atoms with E-state index in [-0.39, 0.29) is 11.4 Å². The number of thiophene rings is 1. The van der Waals surface area contributed by atoms with Crippen LogP contribution in [-0.2, 0) is 6.54 Å². The van der Waals surface area contributed by atoms with Gasteiger partial charge in [-0.15, -0.1) is 11.3 Å². The lowest BCUT2D eigenvalue weighted by atomic mass is 10.2. The number of nitrogens with zero attached hydrogens (tertiary/aromatic N) is 1. The standard InChI is InChI=1S/C13H15N3O3S/c14-13-11(16(17)18)4-1-5-12(13)19-7-6-15-9-10-3-2-8-20-10/h1-5,8,15H,6-7,9,14H2. The van der Waals surface area contributed by atoms with Crippen molar-refractivity contribution in [3.05, 3.63) is 50.7 Å². The van der Waals surface area contributed by atoms with Crippen LogP contribution in [0.4, 0.5) is 11.4 Å². The molecule has 2 rings (SSSR count). The highest BCUT2D eigenvalue weighted by atomic mass is 32.1. The molecule has 0 atom stereocenters. The number of nitro groups is 1. The summed E-state index contributed by atoms with van der Waals surface area (Å²) in [6, 6.07) is 8.60. The number of nitro benzene ring substituents is 1. The molecule has 1 heterocycles. The van der Waals surface area contributed by atoms with Crippen molar-refractivity contribution in [1.29, 1.82) is 0 Å². The molecule has 0 saturated carbocycles. The van der Waals surface area contributed by atoms with Crippen LogP contribution in [0.5, 0.6) is 5.75 Å². The molecule has 0 aliphatic heterocycles. The first kappa shape index (κ1) is 14.3. The van der Waals surface area contributed by atoms with Gasteiger partial charge in [-0.05, 0) is 17.5 Å². The highest BCUT2D eigenvalue weighted by molar-refractivity contribution is 7.09. The SMILES string of the molecule is Nc1c(OCCNCc2cccs2)cccc1[N+](=O)[O-]. The molecular formula is C13H15N3O3S. The van der Waals surface area contributed by atoms with E-state index in [0.717, 1.165) is 6.54 Å². The molecule has 0 aliphatic rings. The van der Waals surface area contributed by atoms with Crippen molar-refractivity contribution in [1.82, 2.24) is 5.32 Å². The number of hydrogen-bond acceptors (Lipinski definition) is 6. The number of rotatable bonds is 7. The van der Waals surface area contributed by atoms with Crippen LogP contribution in [-0.4, -0.2) is 18.1 Å². The van der Waals surface area contributed by atoms with Gasteiger partial charge < -0.3 is 15.8 Å². The van der Waals surface area contributed by atoms with Crippen LogP contribution in [0.25, 0.3) is 0 Å². The molecule has 3 N–H and O–H groups in total. The van der Waals surface area contributed by atoms with Gasteiger partial charge in [0.2, 0.25) is 0 Å². The minimum absolute atomic E-state index is 0.0655. The van der Waals surface area contributed by atoms with Crippen molar-refractivity contribution >= 4 is 22.7 Å². The van der Waals surface area contributed by atoms with Crippen LogP contribution in [0.3, 0.4) is 0 Å².